The van der Waals surface area contributed by atoms with Crippen LogP contribution in [0.15, 0.2) is 54.6 Å². The molecule has 6 heteroatoms. The van der Waals surface area contributed by atoms with Gasteiger partial charge in [0.25, 0.3) is 5.91 Å². The van der Waals surface area contributed by atoms with Crippen molar-refractivity contribution in [1.29, 1.82) is 0 Å². The van der Waals surface area contributed by atoms with Crippen molar-refractivity contribution in [2.75, 3.05) is 30.9 Å². The van der Waals surface area contributed by atoms with Gasteiger partial charge in [0.1, 0.15) is 0 Å². The summed E-state index contributed by atoms with van der Waals surface area (Å²) in [6.07, 6.45) is 0.747. The smallest absolute Gasteiger partial charge is 0.319 e. The fourth-order valence-electron chi connectivity index (χ4n) is 2.06. The lowest BCUT2D eigenvalue weighted by molar-refractivity contribution is 0.102. The maximum Gasteiger partial charge on any atom is 0.319 e. The van der Waals surface area contributed by atoms with Crippen molar-refractivity contribution in [3.63, 3.8) is 0 Å². The Kier molecular flexibility index (Phi) is 6.79. The molecule has 3 amide bonds. The summed E-state index contributed by atoms with van der Waals surface area (Å²) in [5.74, 6) is -0.197. The van der Waals surface area contributed by atoms with Crippen molar-refractivity contribution in [2.24, 2.45) is 0 Å². The van der Waals surface area contributed by atoms with E-state index in [0.717, 1.165) is 6.42 Å². The molecule has 0 aliphatic rings. The fourth-order valence-corrected chi connectivity index (χ4v) is 2.06. The Balaban J connectivity index is 1.89. The van der Waals surface area contributed by atoms with Gasteiger partial charge in [-0.2, -0.15) is 0 Å². The molecule has 2 aromatic rings. The molecule has 24 heavy (non-hydrogen) atoms. The molecule has 0 aliphatic carbocycles. The van der Waals surface area contributed by atoms with Crippen LogP contribution in [0.3, 0.4) is 0 Å². The second-order valence-corrected chi connectivity index (χ2v) is 5.13. The summed E-state index contributed by atoms with van der Waals surface area (Å²) >= 11 is 0. The van der Waals surface area contributed by atoms with E-state index in [9.17, 15) is 9.59 Å². The van der Waals surface area contributed by atoms with Gasteiger partial charge in [-0.05, 0) is 36.8 Å². The van der Waals surface area contributed by atoms with Crippen LogP contribution in [-0.2, 0) is 4.74 Å². The van der Waals surface area contributed by atoms with E-state index in [1.54, 1.807) is 55.6 Å². The molecule has 0 spiro atoms. The summed E-state index contributed by atoms with van der Waals surface area (Å²) in [4.78, 5) is 23.9. The summed E-state index contributed by atoms with van der Waals surface area (Å²) < 4.78 is 4.92. The zero-order valence-electron chi connectivity index (χ0n) is 13.5. The van der Waals surface area contributed by atoms with Crippen LogP contribution >= 0.6 is 0 Å². The van der Waals surface area contributed by atoms with E-state index in [-0.39, 0.29) is 11.9 Å². The quantitative estimate of drug-likeness (QED) is 0.684. The first-order valence-electron chi connectivity index (χ1n) is 7.69. The Bertz CT molecular complexity index is 674. The minimum atomic E-state index is -0.294. The van der Waals surface area contributed by atoms with E-state index >= 15 is 0 Å². The minimum absolute atomic E-state index is 0.197. The number of nitrogens with one attached hydrogen (secondary N) is 3. The zero-order chi connectivity index (χ0) is 17.2. The number of benzene rings is 2. The predicted molar refractivity (Wildman–Crippen MR) is 94.4 cm³/mol. The van der Waals surface area contributed by atoms with Crippen molar-refractivity contribution >= 4 is 23.3 Å². The van der Waals surface area contributed by atoms with Crippen LogP contribution in [0.2, 0.25) is 0 Å². The summed E-state index contributed by atoms with van der Waals surface area (Å²) in [5, 5.41) is 8.27. The van der Waals surface area contributed by atoms with Crippen molar-refractivity contribution in [2.45, 2.75) is 6.42 Å². The summed E-state index contributed by atoms with van der Waals surface area (Å²) in [7, 11) is 1.62. The number of hydrogen-bond acceptors (Lipinski definition) is 3. The average molecular weight is 327 g/mol. The number of carbonyl (C=O) groups is 2. The molecule has 0 aliphatic heterocycles. The van der Waals surface area contributed by atoms with E-state index in [1.807, 2.05) is 6.07 Å². The molecule has 6 nitrogen and oxygen atoms in total. The molecule has 0 unspecified atom stereocenters. The molecule has 0 saturated carbocycles. The van der Waals surface area contributed by atoms with Gasteiger partial charge >= 0.3 is 6.03 Å². The van der Waals surface area contributed by atoms with Crippen molar-refractivity contribution in [3.8, 4) is 0 Å². The lowest BCUT2D eigenvalue weighted by Gasteiger charge is -2.10. The molecule has 0 atom stereocenters. The van der Waals surface area contributed by atoms with E-state index in [0.29, 0.717) is 30.1 Å². The van der Waals surface area contributed by atoms with Crippen LogP contribution in [0.5, 0.6) is 0 Å². The number of methoxy groups -OCH3 is 1. The molecule has 0 heterocycles. The molecule has 0 fully saturated rings. The Morgan fingerprint density at radius 2 is 1.67 bits per heavy atom. The maximum absolute atomic E-state index is 12.1. The highest BCUT2D eigenvalue weighted by molar-refractivity contribution is 6.04. The molecule has 126 valence electrons. The van der Waals surface area contributed by atoms with Gasteiger partial charge in [0.05, 0.1) is 0 Å². The van der Waals surface area contributed by atoms with Crippen LogP contribution in [-0.4, -0.2) is 32.2 Å². The second kappa shape index (κ2) is 9.32. The van der Waals surface area contributed by atoms with E-state index < -0.39 is 0 Å². The number of rotatable bonds is 7. The standard InChI is InChI=1S/C18H21N3O3/c1-24-12-6-11-19-18(23)21-16-10-5-9-15(13-16)20-17(22)14-7-3-2-4-8-14/h2-5,7-10,13H,6,11-12H2,1H3,(H,20,22)(H2,19,21,23). The molecule has 0 aromatic heterocycles. The van der Waals surface area contributed by atoms with Gasteiger partial charge in [0.2, 0.25) is 0 Å². The molecule has 2 rings (SSSR count). The molecule has 0 radical (unpaired) electrons. The third kappa shape index (κ3) is 5.73. The van der Waals surface area contributed by atoms with Gasteiger partial charge in [-0.1, -0.05) is 24.3 Å². The number of anilines is 2. The molecule has 0 bridgehead atoms. The van der Waals surface area contributed by atoms with Crippen LogP contribution < -0.4 is 16.0 Å². The van der Waals surface area contributed by atoms with Gasteiger partial charge < -0.3 is 20.7 Å². The normalized spacial score (nSPS) is 10.0. The summed E-state index contributed by atoms with van der Waals surface area (Å²) in [6, 6.07) is 15.6. The van der Waals surface area contributed by atoms with E-state index in [4.69, 9.17) is 4.74 Å². The molecule has 2 aromatic carbocycles. The molecular weight excluding hydrogens is 306 g/mol. The van der Waals surface area contributed by atoms with Crippen LogP contribution in [0.4, 0.5) is 16.2 Å². The first-order chi connectivity index (χ1) is 11.7. The number of amides is 3. The Hall–Kier alpha value is -2.86. The minimum Gasteiger partial charge on any atom is -0.385 e. The molecular formula is C18H21N3O3. The Labute approximate surface area is 141 Å². The van der Waals surface area contributed by atoms with Gasteiger partial charge in [-0.25, -0.2) is 4.79 Å². The third-order valence-corrected chi connectivity index (χ3v) is 3.23. The van der Waals surface area contributed by atoms with Crippen molar-refractivity contribution in [3.05, 3.63) is 60.2 Å². The Morgan fingerprint density at radius 3 is 2.38 bits per heavy atom. The number of carbonyl (C=O) groups excluding carboxylic acids is 2. The first-order valence-corrected chi connectivity index (χ1v) is 7.69. The highest BCUT2D eigenvalue weighted by Gasteiger charge is 2.06. The first kappa shape index (κ1) is 17.5. The monoisotopic (exact) mass is 327 g/mol. The zero-order valence-corrected chi connectivity index (χ0v) is 13.5. The van der Waals surface area contributed by atoms with Crippen molar-refractivity contribution in [1.82, 2.24) is 5.32 Å². The van der Waals surface area contributed by atoms with Gasteiger partial charge in [0.15, 0.2) is 0 Å². The summed E-state index contributed by atoms with van der Waals surface area (Å²) in [5.41, 5.74) is 1.79. The Morgan fingerprint density at radius 1 is 0.958 bits per heavy atom. The highest BCUT2D eigenvalue weighted by Crippen LogP contribution is 2.16. The predicted octanol–water partition coefficient (Wildman–Crippen LogP) is 3.10. The van der Waals surface area contributed by atoms with Crippen molar-refractivity contribution < 1.29 is 14.3 Å². The topological polar surface area (TPSA) is 79.5 Å². The van der Waals surface area contributed by atoms with Gasteiger partial charge in [-0.3, -0.25) is 4.79 Å². The summed E-state index contributed by atoms with van der Waals surface area (Å²) in [6.45, 7) is 1.13. The molecule has 0 saturated heterocycles. The third-order valence-electron chi connectivity index (χ3n) is 3.23. The lowest BCUT2D eigenvalue weighted by atomic mass is 10.2. The number of hydrogen-bond donors (Lipinski definition) is 3. The van der Waals surface area contributed by atoms with Crippen LogP contribution in [0.1, 0.15) is 16.8 Å². The second-order valence-electron chi connectivity index (χ2n) is 5.13. The SMILES string of the molecule is COCCCNC(=O)Nc1cccc(NC(=O)c2ccccc2)c1. The van der Waals surface area contributed by atoms with Crippen LogP contribution in [0.25, 0.3) is 0 Å². The fraction of sp³-hybridized carbons (Fsp3) is 0.222. The maximum atomic E-state index is 12.1. The van der Waals surface area contributed by atoms with Crippen LogP contribution in [0, 0.1) is 0 Å². The van der Waals surface area contributed by atoms with E-state index in [2.05, 4.69) is 16.0 Å². The lowest BCUT2D eigenvalue weighted by Crippen LogP contribution is -2.30. The van der Waals surface area contributed by atoms with E-state index in [1.165, 1.54) is 0 Å². The molecule has 3 N–H and O–H groups in total. The van der Waals surface area contributed by atoms with Gasteiger partial charge in [0, 0.05) is 37.2 Å². The van der Waals surface area contributed by atoms with Gasteiger partial charge in [-0.15, -0.1) is 0 Å². The highest BCUT2D eigenvalue weighted by atomic mass is 16.5. The number of ether oxygens (including phenoxy) is 1. The largest absolute Gasteiger partial charge is 0.385 e. The average Bonchev–Trinajstić information content (AvgIpc) is 2.60. The number of urea groups is 1.